The summed E-state index contributed by atoms with van der Waals surface area (Å²) in [4.78, 5) is 13.4. The number of ether oxygens (including phenoxy) is 1. The molecular weight excluding hydrogens is 178 g/mol. The van der Waals surface area contributed by atoms with Gasteiger partial charge in [0.2, 0.25) is 0 Å². The van der Waals surface area contributed by atoms with Gasteiger partial charge in [-0.15, -0.1) is 0 Å². The lowest BCUT2D eigenvalue weighted by Crippen LogP contribution is -2.46. The van der Waals surface area contributed by atoms with E-state index in [1.807, 2.05) is 4.90 Å². The van der Waals surface area contributed by atoms with E-state index in [9.17, 15) is 4.79 Å². The zero-order chi connectivity index (χ0) is 9.97. The van der Waals surface area contributed by atoms with Crippen LogP contribution in [-0.4, -0.2) is 30.2 Å². The second-order valence-electron chi connectivity index (χ2n) is 4.58. The highest BCUT2D eigenvalue weighted by Gasteiger charge is 2.29. The molecule has 0 N–H and O–H groups in total. The highest BCUT2D eigenvalue weighted by atomic mass is 16.6. The van der Waals surface area contributed by atoms with Crippen LogP contribution in [0, 0.1) is 5.92 Å². The quantitative estimate of drug-likeness (QED) is 0.646. The minimum absolute atomic E-state index is 0.0872. The summed E-state index contributed by atoms with van der Waals surface area (Å²) in [5, 5.41) is 0. The van der Waals surface area contributed by atoms with Crippen molar-refractivity contribution in [1.82, 2.24) is 4.90 Å². The zero-order valence-corrected chi connectivity index (χ0v) is 8.87. The number of hydrogen-bond donors (Lipinski definition) is 0. The van der Waals surface area contributed by atoms with Gasteiger partial charge in [0.1, 0.15) is 0 Å². The molecule has 1 aliphatic carbocycles. The van der Waals surface area contributed by atoms with E-state index in [0.29, 0.717) is 12.6 Å². The topological polar surface area (TPSA) is 29.5 Å². The van der Waals surface area contributed by atoms with Crippen LogP contribution in [0.1, 0.15) is 39.0 Å². The van der Waals surface area contributed by atoms with Gasteiger partial charge in [0.15, 0.2) is 0 Å². The maximum absolute atomic E-state index is 11.5. The number of carbonyl (C=O) groups is 1. The van der Waals surface area contributed by atoms with Crippen LogP contribution in [0.2, 0.25) is 0 Å². The standard InChI is InChI=1S/C11H19NO2/c1-9-3-5-10(6-4-9)12-7-2-8-14-11(12)13/h9-10H,2-8H2,1H3. The number of hydrogen-bond acceptors (Lipinski definition) is 2. The molecule has 1 saturated carbocycles. The second-order valence-corrected chi connectivity index (χ2v) is 4.58. The van der Waals surface area contributed by atoms with Crippen LogP contribution in [0.5, 0.6) is 0 Å². The fourth-order valence-corrected chi connectivity index (χ4v) is 2.45. The van der Waals surface area contributed by atoms with Crippen molar-refractivity contribution < 1.29 is 9.53 Å². The fourth-order valence-electron chi connectivity index (χ4n) is 2.45. The third-order valence-corrected chi connectivity index (χ3v) is 3.43. The third-order valence-electron chi connectivity index (χ3n) is 3.43. The molecule has 1 amide bonds. The smallest absolute Gasteiger partial charge is 0.410 e. The molecule has 14 heavy (non-hydrogen) atoms. The van der Waals surface area contributed by atoms with Gasteiger partial charge in [-0.2, -0.15) is 0 Å². The van der Waals surface area contributed by atoms with Crippen molar-refractivity contribution in [3.8, 4) is 0 Å². The Bertz CT molecular complexity index is 209. The first-order valence-corrected chi connectivity index (χ1v) is 5.71. The van der Waals surface area contributed by atoms with E-state index in [0.717, 1.165) is 31.7 Å². The van der Waals surface area contributed by atoms with Gasteiger partial charge in [-0.1, -0.05) is 6.92 Å². The number of carbonyl (C=O) groups excluding carboxylic acids is 1. The van der Waals surface area contributed by atoms with Crippen LogP contribution in [0.15, 0.2) is 0 Å². The molecule has 1 saturated heterocycles. The number of amides is 1. The summed E-state index contributed by atoms with van der Waals surface area (Å²) in [7, 11) is 0. The molecule has 0 bridgehead atoms. The first-order valence-electron chi connectivity index (χ1n) is 5.71. The van der Waals surface area contributed by atoms with Gasteiger partial charge in [0, 0.05) is 12.6 Å². The largest absolute Gasteiger partial charge is 0.449 e. The number of rotatable bonds is 1. The number of nitrogens with zero attached hydrogens (tertiary/aromatic N) is 1. The summed E-state index contributed by atoms with van der Waals surface area (Å²) >= 11 is 0. The molecule has 3 heteroatoms. The SMILES string of the molecule is CC1CCC(N2CCCOC2=O)CC1. The Kier molecular flexibility index (Phi) is 2.94. The molecule has 2 rings (SSSR count). The molecule has 0 unspecified atom stereocenters. The van der Waals surface area contributed by atoms with Crippen molar-refractivity contribution >= 4 is 6.09 Å². The van der Waals surface area contributed by atoms with E-state index in [2.05, 4.69) is 6.92 Å². The average molecular weight is 197 g/mol. The predicted octanol–water partition coefficient (Wildman–Crippen LogP) is 2.41. The molecule has 0 aromatic carbocycles. The minimum atomic E-state index is -0.0872. The first kappa shape index (κ1) is 9.81. The summed E-state index contributed by atoms with van der Waals surface area (Å²) in [6, 6.07) is 0.457. The summed E-state index contributed by atoms with van der Waals surface area (Å²) < 4.78 is 5.06. The number of cyclic esters (lactones) is 1. The molecule has 2 aliphatic rings. The van der Waals surface area contributed by atoms with Crippen LogP contribution in [-0.2, 0) is 4.74 Å². The monoisotopic (exact) mass is 197 g/mol. The first-order chi connectivity index (χ1) is 6.77. The van der Waals surface area contributed by atoms with Crippen molar-refractivity contribution in [1.29, 1.82) is 0 Å². The van der Waals surface area contributed by atoms with Crippen molar-refractivity contribution in [2.45, 2.75) is 45.1 Å². The molecule has 0 radical (unpaired) electrons. The minimum Gasteiger partial charge on any atom is -0.449 e. The lowest BCUT2D eigenvalue weighted by Gasteiger charge is -2.37. The molecule has 0 aromatic heterocycles. The maximum atomic E-state index is 11.5. The van der Waals surface area contributed by atoms with Crippen LogP contribution < -0.4 is 0 Å². The summed E-state index contributed by atoms with van der Waals surface area (Å²) in [6.07, 6.45) is 5.75. The van der Waals surface area contributed by atoms with Gasteiger partial charge in [0.05, 0.1) is 6.61 Å². The lowest BCUT2D eigenvalue weighted by atomic mass is 9.86. The highest BCUT2D eigenvalue weighted by Crippen LogP contribution is 2.28. The van der Waals surface area contributed by atoms with Crippen molar-refractivity contribution in [2.24, 2.45) is 5.92 Å². The molecule has 0 aromatic rings. The third kappa shape index (κ3) is 2.02. The summed E-state index contributed by atoms with van der Waals surface area (Å²) in [6.45, 7) is 3.81. The average Bonchev–Trinajstić information content (AvgIpc) is 2.20. The van der Waals surface area contributed by atoms with Crippen molar-refractivity contribution in [3.05, 3.63) is 0 Å². The maximum Gasteiger partial charge on any atom is 0.410 e. The van der Waals surface area contributed by atoms with Gasteiger partial charge < -0.3 is 9.64 Å². The summed E-state index contributed by atoms with van der Waals surface area (Å²) in [5.41, 5.74) is 0. The Balaban J connectivity index is 1.90. The summed E-state index contributed by atoms with van der Waals surface area (Å²) in [5.74, 6) is 0.840. The molecule has 80 valence electrons. The van der Waals surface area contributed by atoms with Gasteiger partial charge >= 0.3 is 6.09 Å². The zero-order valence-electron chi connectivity index (χ0n) is 8.87. The van der Waals surface area contributed by atoms with Crippen LogP contribution >= 0.6 is 0 Å². The van der Waals surface area contributed by atoms with Gasteiger partial charge in [-0.25, -0.2) is 4.79 Å². The molecule has 1 aliphatic heterocycles. The van der Waals surface area contributed by atoms with Crippen LogP contribution in [0.4, 0.5) is 4.79 Å². The Labute approximate surface area is 85.4 Å². The van der Waals surface area contributed by atoms with Gasteiger partial charge in [-0.3, -0.25) is 0 Å². The normalized spacial score (nSPS) is 34.1. The molecule has 3 nitrogen and oxygen atoms in total. The van der Waals surface area contributed by atoms with Crippen LogP contribution in [0.25, 0.3) is 0 Å². The lowest BCUT2D eigenvalue weighted by molar-refractivity contribution is 0.0437. The Hall–Kier alpha value is -0.730. The van der Waals surface area contributed by atoms with E-state index in [1.165, 1.54) is 12.8 Å². The van der Waals surface area contributed by atoms with Crippen molar-refractivity contribution in [3.63, 3.8) is 0 Å². The molecule has 0 atom stereocenters. The second kappa shape index (κ2) is 4.20. The predicted molar refractivity (Wildman–Crippen MR) is 54.1 cm³/mol. The Morgan fingerprint density at radius 1 is 1.29 bits per heavy atom. The van der Waals surface area contributed by atoms with Crippen LogP contribution in [0.3, 0.4) is 0 Å². The van der Waals surface area contributed by atoms with E-state index in [-0.39, 0.29) is 6.09 Å². The fraction of sp³-hybridized carbons (Fsp3) is 0.909. The Morgan fingerprint density at radius 3 is 2.64 bits per heavy atom. The van der Waals surface area contributed by atoms with Gasteiger partial charge in [0.25, 0.3) is 0 Å². The van der Waals surface area contributed by atoms with Crippen molar-refractivity contribution in [2.75, 3.05) is 13.2 Å². The van der Waals surface area contributed by atoms with E-state index in [1.54, 1.807) is 0 Å². The van der Waals surface area contributed by atoms with E-state index >= 15 is 0 Å². The molecule has 0 spiro atoms. The molecular formula is C11H19NO2. The Morgan fingerprint density at radius 2 is 2.00 bits per heavy atom. The van der Waals surface area contributed by atoms with E-state index in [4.69, 9.17) is 4.74 Å². The van der Waals surface area contributed by atoms with E-state index < -0.39 is 0 Å². The molecule has 2 fully saturated rings. The van der Waals surface area contributed by atoms with Gasteiger partial charge in [-0.05, 0) is 38.0 Å². The molecule has 1 heterocycles. The highest BCUT2D eigenvalue weighted by molar-refractivity contribution is 5.68.